The number of hydrogen-bond acceptors (Lipinski definition) is 5. The highest BCUT2D eigenvalue weighted by Crippen LogP contribution is 2.25. The Hall–Kier alpha value is -1.92. The molecule has 5 nitrogen and oxygen atoms in total. The predicted octanol–water partition coefficient (Wildman–Crippen LogP) is 2.41. The quantitative estimate of drug-likeness (QED) is 0.860. The van der Waals surface area contributed by atoms with Crippen LogP contribution in [0, 0.1) is 6.92 Å². The second-order valence-corrected chi connectivity index (χ2v) is 8.12. The minimum atomic E-state index is -2.83. The molecule has 2 heterocycles. The Labute approximate surface area is 136 Å². The minimum absolute atomic E-state index is 0.258. The number of nitrogens with zero attached hydrogens (tertiary/aromatic N) is 2. The average molecular weight is 332 g/mol. The van der Waals surface area contributed by atoms with E-state index in [-0.39, 0.29) is 11.5 Å². The second-order valence-electron chi connectivity index (χ2n) is 5.82. The van der Waals surface area contributed by atoms with Crippen LogP contribution in [0.4, 0.5) is 0 Å². The van der Waals surface area contributed by atoms with Crippen LogP contribution in [-0.4, -0.2) is 42.9 Å². The fraction of sp³-hybridized carbons (Fsp3) is 0.353. The van der Waals surface area contributed by atoms with E-state index in [1.807, 2.05) is 31.2 Å². The number of hydrogen-bond donors (Lipinski definition) is 0. The van der Waals surface area contributed by atoms with Gasteiger partial charge >= 0.3 is 0 Å². The zero-order chi connectivity index (χ0) is 16.3. The maximum atomic E-state index is 11.5. The molecule has 0 saturated carbocycles. The maximum Gasteiger partial charge on any atom is 0.152 e. The molecule has 0 aliphatic carbocycles. The van der Waals surface area contributed by atoms with Crippen LogP contribution in [0.1, 0.15) is 11.1 Å². The monoisotopic (exact) mass is 332 g/mol. The van der Waals surface area contributed by atoms with E-state index in [0.29, 0.717) is 18.8 Å². The van der Waals surface area contributed by atoms with Crippen LogP contribution in [0.2, 0.25) is 0 Å². The Balaban J connectivity index is 1.65. The first-order valence-corrected chi connectivity index (χ1v) is 9.44. The molecule has 0 unspecified atom stereocenters. The molecular formula is C17H20N2O3S. The van der Waals surface area contributed by atoms with Crippen molar-refractivity contribution in [1.29, 1.82) is 0 Å². The van der Waals surface area contributed by atoms with Crippen molar-refractivity contribution < 1.29 is 13.2 Å². The molecule has 0 amide bonds. The largest absolute Gasteiger partial charge is 0.455 e. The molecular weight excluding hydrogens is 312 g/mol. The summed E-state index contributed by atoms with van der Waals surface area (Å²) in [5, 5.41) is 0. The zero-order valence-corrected chi connectivity index (χ0v) is 13.9. The molecule has 2 aromatic rings. The summed E-state index contributed by atoms with van der Waals surface area (Å²) in [5.74, 6) is 2.04. The third kappa shape index (κ3) is 4.30. The molecule has 1 aromatic heterocycles. The molecule has 0 bridgehead atoms. The Morgan fingerprint density at radius 1 is 1.22 bits per heavy atom. The summed E-state index contributed by atoms with van der Waals surface area (Å²) in [5.41, 5.74) is 2.22. The summed E-state index contributed by atoms with van der Waals surface area (Å²) in [7, 11) is -2.83. The lowest BCUT2D eigenvalue weighted by Gasteiger charge is -2.26. The molecule has 122 valence electrons. The number of sulfone groups is 1. The summed E-state index contributed by atoms with van der Waals surface area (Å²) >= 11 is 0. The normalized spacial score (nSPS) is 17.8. The highest BCUT2D eigenvalue weighted by Gasteiger charge is 2.21. The first-order chi connectivity index (χ1) is 11.0. The molecule has 0 radical (unpaired) electrons. The van der Waals surface area contributed by atoms with Crippen molar-refractivity contribution in [3.05, 3.63) is 53.9 Å². The van der Waals surface area contributed by atoms with Gasteiger partial charge in [0.1, 0.15) is 11.5 Å². The number of benzene rings is 1. The molecule has 6 heteroatoms. The zero-order valence-electron chi connectivity index (χ0n) is 13.1. The van der Waals surface area contributed by atoms with Crippen LogP contribution >= 0.6 is 0 Å². The average Bonchev–Trinajstić information content (AvgIpc) is 2.53. The van der Waals surface area contributed by atoms with E-state index in [2.05, 4.69) is 16.0 Å². The molecule has 0 spiro atoms. The van der Waals surface area contributed by atoms with Crippen LogP contribution in [0.25, 0.3) is 0 Å². The van der Waals surface area contributed by atoms with Gasteiger partial charge in [-0.1, -0.05) is 12.1 Å². The van der Waals surface area contributed by atoms with Gasteiger partial charge in [0.05, 0.1) is 17.7 Å². The number of rotatable bonds is 4. The van der Waals surface area contributed by atoms with Crippen molar-refractivity contribution in [1.82, 2.24) is 9.88 Å². The third-order valence-electron chi connectivity index (χ3n) is 3.94. The molecule has 0 atom stereocenters. The maximum absolute atomic E-state index is 11.5. The molecule has 23 heavy (non-hydrogen) atoms. The Kier molecular flexibility index (Phi) is 4.63. The highest BCUT2D eigenvalue weighted by atomic mass is 32.2. The Morgan fingerprint density at radius 3 is 2.65 bits per heavy atom. The van der Waals surface area contributed by atoms with Gasteiger partial charge in [-0.15, -0.1) is 0 Å². The van der Waals surface area contributed by atoms with Crippen LogP contribution in [0.5, 0.6) is 11.5 Å². The predicted molar refractivity (Wildman–Crippen MR) is 89.4 cm³/mol. The Bertz CT molecular complexity index is 762. The van der Waals surface area contributed by atoms with Gasteiger partial charge in [-0.3, -0.25) is 9.88 Å². The van der Waals surface area contributed by atoms with E-state index < -0.39 is 9.84 Å². The summed E-state index contributed by atoms with van der Waals surface area (Å²) in [4.78, 5) is 6.21. The van der Waals surface area contributed by atoms with E-state index in [0.717, 1.165) is 17.9 Å². The molecule has 3 rings (SSSR count). The van der Waals surface area contributed by atoms with E-state index in [1.165, 1.54) is 5.56 Å². The standard InChI is InChI=1S/C17H20N2O3S/c1-14-11-15(13-19-7-9-23(20,21)10-8-19)4-5-17(14)22-16-3-2-6-18-12-16/h2-6,11-12H,7-10,13H2,1H3. The number of ether oxygens (including phenoxy) is 1. The van der Waals surface area contributed by atoms with Gasteiger partial charge in [0.2, 0.25) is 0 Å². The summed E-state index contributed by atoms with van der Waals surface area (Å²) in [6.07, 6.45) is 3.39. The fourth-order valence-electron chi connectivity index (χ4n) is 2.63. The third-order valence-corrected chi connectivity index (χ3v) is 5.55. The molecule has 0 N–H and O–H groups in total. The van der Waals surface area contributed by atoms with Gasteiger partial charge in [-0.2, -0.15) is 0 Å². The van der Waals surface area contributed by atoms with Crippen molar-refractivity contribution in [3.8, 4) is 11.5 Å². The van der Waals surface area contributed by atoms with Gasteiger partial charge in [-0.25, -0.2) is 8.42 Å². The smallest absolute Gasteiger partial charge is 0.152 e. The van der Waals surface area contributed by atoms with Crippen LogP contribution in [0.3, 0.4) is 0 Å². The SMILES string of the molecule is Cc1cc(CN2CCS(=O)(=O)CC2)ccc1Oc1cccnc1. The molecule has 1 saturated heterocycles. The number of aromatic nitrogens is 1. The summed E-state index contributed by atoms with van der Waals surface area (Å²) in [6.45, 7) is 3.99. The minimum Gasteiger partial charge on any atom is -0.455 e. The molecule has 1 aliphatic rings. The van der Waals surface area contributed by atoms with Gasteiger partial charge in [-0.05, 0) is 36.2 Å². The lowest BCUT2D eigenvalue weighted by molar-refractivity contribution is 0.287. The van der Waals surface area contributed by atoms with Crippen molar-refractivity contribution in [2.24, 2.45) is 0 Å². The van der Waals surface area contributed by atoms with Crippen molar-refractivity contribution in [3.63, 3.8) is 0 Å². The highest BCUT2D eigenvalue weighted by molar-refractivity contribution is 7.91. The topological polar surface area (TPSA) is 59.5 Å². The van der Waals surface area contributed by atoms with E-state index in [9.17, 15) is 8.42 Å². The number of aryl methyl sites for hydroxylation is 1. The van der Waals surface area contributed by atoms with Gasteiger partial charge in [0.15, 0.2) is 9.84 Å². The van der Waals surface area contributed by atoms with Gasteiger partial charge in [0.25, 0.3) is 0 Å². The van der Waals surface area contributed by atoms with Crippen LogP contribution in [-0.2, 0) is 16.4 Å². The first kappa shape index (κ1) is 16.0. The lowest BCUT2D eigenvalue weighted by Crippen LogP contribution is -2.39. The van der Waals surface area contributed by atoms with Crippen molar-refractivity contribution >= 4 is 9.84 Å². The van der Waals surface area contributed by atoms with Crippen molar-refractivity contribution in [2.45, 2.75) is 13.5 Å². The molecule has 1 aliphatic heterocycles. The molecule has 1 aromatic carbocycles. The van der Waals surface area contributed by atoms with Gasteiger partial charge < -0.3 is 4.74 Å². The van der Waals surface area contributed by atoms with E-state index >= 15 is 0 Å². The van der Waals surface area contributed by atoms with Gasteiger partial charge in [0, 0.05) is 25.8 Å². The summed E-state index contributed by atoms with van der Waals surface area (Å²) < 4.78 is 28.8. The van der Waals surface area contributed by atoms with Crippen LogP contribution < -0.4 is 4.74 Å². The summed E-state index contributed by atoms with van der Waals surface area (Å²) in [6, 6.07) is 9.78. The second kappa shape index (κ2) is 6.68. The number of pyridine rings is 1. The fourth-order valence-corrected chi connectivity index (χ4v) is 3.90. The van der Waals surface area contributed by atoms with E-state index in [1.54, 1.807) is 12.4 Å². The van der Waals surface area contributed by atoms with Crippen LogP contribution in [0.15, 0.2) is 42.7 Å². The molecule has 1 fully saturated rings. The van der Waals surface area contributed by atoms with Crippen molar-refractivity contribution in [2.75, 3.05) is 24.6 Å². The lowest BCUT2D eigenvalue weighted by atomic mass is 10.1. The van der Waals surface area contributed by atoms with E-state index in [4.69, 9.17) is 4.74 Å². The Morgan fingerprint density at radius 2 is 2.00 bits per heavy atom. The first-order valence-electron chi connectivity index (χ1n) is 7.62.